The molecule has 1 aromatic carbocycles. The highest BCUT2D eigenvalue weighted by Gasteiger charge is 2.05. The van der Waals surface area contributed by atoms with E-state index in [2.05, 4.69) is 23.5 Å². The van der Waals surface area contributed by atoms with Crippen LogP contribution in [0.3, 0.4) is 0 Å². The van der Waals surface area contributed by atoms with Crippen LogP contribution in [0.5, 0.6) is 0 Å². The molecule has 1 aliphatic carbocycles. The SMILES string of the molecule is C1=C(CCNCc2cc3ccccc3o2)CCC1. The molecule has 0 amide bonds. The Morgan fingerprint density at radius 1 is 1.22 bits per heavy atom. The van der Waals surface area contributed by atoms with Crippen molar-refractivity contribution in [3.63, 3.8) is 0 Å². The minimum atomic E-state index is 0.821. The first-order valence-electron chi connectivity index (χ1n) is 6.78. The van der Waals surface area contributed by atoms with E-state index in [4.69, 9.17) is 4.42 Å². The summed E-state index contributed by atoms with van der Waals surface area (Å²) in [7, 11) is 0. The van der Waals surface area contributed by atoms with Crippen LogP contribution in [0.2, 0.25) is 0 Å². The fourth-order valence-corrected chi connectivity index (χ4v) is 2.55. The van der Waals surface area contributed by atoms with Crippen LogP contribution in [0, 0.1) is 0 Å². The Morgan fingerprint density at radius 2 is 2.17 bits per heavy atom. The molecule has 2 aromatic rings. The van der Waals surface area contributed by atoms with Crippen molar-refractivity contribution in [3.05, 3.63) is 47.7 Å². The van der Waals surface area contributed by atoms with Crippen LogP contribution in [0.4, 0.5) is 0 Å². The molecule has 1 aromatic heterocycles. The molecule has 0 saturated carbocycles. The summed E-state index contributed by atoms with van der Waals surface area (Å²) < 4.78 is 5.76. The molecule has 3 rings (SSSR count). The third-order valence-electron chi connectivity index (χ3n) is 3.53. The highest BCUT2D eigenvalue weighted by Crippen LogP contribution is 2.20. The molecule has 0 fully saturated rings. The van der Waals surface area contributed by atoms with Gasteiger partial charge in [0.25, 0.3) is 0 Å². The Labute approximate surface area is 108 Å². The van der Waals surface area contributed by atoms with Crippen LogP contribution < -0.4 is 5.32 Å². The van der Waals surface area contributed by atoms with Crippen LogP contribution >= 0.6 is 0 Å². The molecule has 0 bridgehead atoms. The van der Waals surface area contributed by atoms with Crippen molar-refractivity contribution in [2.75, 3.05) is 6.54 Å². The van der Waals surface area contributed by atoms with Gasteiger partial charge in [-0.05, 0) is 44.4 Å². The smallest absolute Gasteiger partial charge is 0.134 e. The van der Waals surface area contributed by atoms with Crippen molar-refractivity contribution in [1.29, 1.82) is 0 Å². The van der Waals surface area contributed by atoms with E-state index in [0.717, 1.165) is 24.4 Å². The third-order valence-corrected chi connectivity index (χ3v) is 3.53. The van der Waals surface area contributed by atoms with E-state index in [1.807, 2.05) is 18.2 Å². The molecule has 2 nitrogen and oxygen atoms in total. The van der Waals surface area contributed by atoms with Gasteiger partial charge in [0.05, 0.1) is 6.54 Å². The Balaban J connectivity index is 1.50. The molecule has 0 saturated heterocycles. The van der Waals surface area contributed by atoms with Gasteiger partial charge in [-0.1, -0.05) is 29.8 Å². The van der Waals surface area contributed by atoms with Gasteiger partial charge in [-0.25, -0.2) is 0 Å². The Morgan fingerprint density at radius 3 is 3.00 bits per heavy atom. The summed E-state index contributed by atoms with van der Waals surface area (Å²) in [5.74, 6) is 1.02. The fraction of sp³-hybridized carbons (Fsp3) is 0.375. The zero-order valence-electron chi connectivity index (χ0n) is 10.6. The summed E-state index contributed by atoms with van der Waals surface area (Å²) in [6.45, 7) is 1.87. The summed E-state index contributed by atoms with van der Waals surface area (Å²) >= 11 is 0. The molecule has 0 atom stereocenters. The van der Waals surface area contributed by atoms with E-state index in [1.54, 1.807) is 5.57 Å². The molecule has 0 unspecified atom stereocenters. The number of hydrogen-bond acceptors (Lipinski definition) is 2. The maximum absolute atomic E-state index is 5.76. The molecule has 0 spiro atoms. The van der Waals surface area contributed by atoms with Crippen molar-refractivity contribution in [3.8, 4) is 0 Å². The summed E-state index contributed by atoms with van der Waals surface area (Å²) in [5.41, 5.74) is 2.60. The molecular formula is C16H19NO. The highest BCUT2D eigenvalue weighted by atomic mass is 16.3. The van der Waals surface area contributed by atoms with Crippen molar-refractivity contribution >= 4 is 11.0 Å². The van der Waals surface area contributed by atoms with Gasteiger partial charge in [0.15, 0.2) is 0 Å². The zero-order chi connectivity index (χ0) is 12.2. The molecule has 94 valence electrons. The topological polar surface area (TPSA) is 25.2 Å². The first-order valence-corrected chi connectivity index (χ1v) is 6.78. The van der Waals surface area contributed by atoms with Crippen LogP contribution in [-0.2, 0) is 6.54 Å². The van der Waals surface area contributed by atoms with Gasteiger partial charge in [0.1, 0.15) is 11.3 Å². The number of nitrogens with one attached hydrogen (secondary N) is 1. The van der Waals surface area contributed by atoms with Gasteiger partial charge < -0.3 is 9.73 Å². The lowest BCUT2D eigenvalue weighted by Gasteiger charge is -2.03. The van der Waals surface area contributed by atoms with Gasteiger partial charge in [-0.15, -0.1) is 0 Å². The van der Waals surface area contributed by atoms with Crippen molar-refractivity contribution in [2.45, 2.75) is 32.2 Å². The van der Waals surface area contributed by atoms with Crippen molar-refractivity contribution < 1.29 is 4.42 Å². The minimum Gasteiger partial charge on any atom is -0.460 e. The number of benzene rings is 1. The monoisotopic (exact) mass is 241 g/mol. The maximum atomic E-state index is 5.76. The number of para-hydroxylation sites is 1. The second-order valence-corrected chi connectivity index (χ2v) is 4.93. The largest absolute Gasteiger partial charge is 0.460 e. The van der Waals surface area contributed by atoms with Crippen LogP contribution in [0.1, 0.15) is 31.4 Å². The first kappa shape index (κ1) is 11.5. The van der Waals surface area contributed by atoms with E-state index >= 15 is 0 Å². The second kappa shape index (κ2) is 5.40. The third kappa shape index (κ3) is 2.65. The highest BCUT2D eigenvalue weighted by molar-refractivity contribution is 5.77. The summed E-state index contributed by atoms with van der Waals surface area (Å²) in [4.78, 5) is 0. The molecule has 1 heterocycles. The predicted molar refractivity (Wildman–Crippen MR) is 74.5 cm³/mol. The molecule has 1 N–H and O–H groups in total. The Hall–Kier alpha value is -1.54. The molecule has 18 heavy (non-hydrogen) atoms. The standard InChI is InChI=1S/C16H19NO/c1-2-6-13(5-1)9-10-17-12-15-11-14-7-3-4-8-16(14)18-15/h3-5,7-8,11,17H,1-2,6,9-10,12H2. The summed E-state index contributed by atoms with van der Waals surface area (Å²) in [6, 6.07) is 10.3. The van der Waals surface area contributed by atoms with E-state index in [9.17, 15) is 0 Å². The number of rotatable bonds is 5. The molecule has 1 aliphatic rings. The van der Waals surface area contributed by atoms with E-state index in [0.29, 0.717) is 0 Å². The number of furan rings is 1. The van der Waals surface area contributed by atoms with Gasteiger partial charge in [-0.2, -0.15) is 0 Å². The van der Waals surface area contributed by atoms with Gasteiger partial charge in [-0.3, -0.25) is 0 Å². The summed E-state index contributed by atoms with van der Waals surface area (Å²) in [6.07, 6.45) is 7.49. The van der Waals surface area contributed by atoms with Gasteiger partial charge in [0.2, 0.25) is 0 Å². The normalized spacial score (nSPS) is 15.2. The minimum absolute atomic E-state index is 0.821. The average molecular weight is 241 g/mol. The van der Waals surface area contributed by atoms with Crippen LogP contribution in [0.15, 0.2) is 46.4 Å². The molecule has 0 radical (unpaired) electrons. The van der Waals surface area contributed by atoms with Crippen molar-refractivity contribution in [1.82, 2.24) is 5.32 Å². The Kier molecular flexibility index (Phi) is 3.47. The lowest BCUT2D eigenvalue weighted by atomic mass is 10.2. The predicted octanol–water partition coefficient (Wildman–Crippen LogP) is 4.02. The van der Waals surface area contributed by atoms with Crippen molar-refractivity contribution in [2.24, 2.45) is 0 Å². The first-order chi connectivity index (χ1) is 8.92. The van der Waals surface area contributed by atoms with Crippen LogP contribution in [0.25, 0.3) is 11.0 Å². The van der Waals surface area contributed by atoms with Gasteiger partial charge >= 0.3 is 0 Å². The molecule has 2 heteroatoms. The molecule has 0 aliphatic heterocycles. The second-order valence-electron chi connectivity index (χ2n) is 4.93. The lowest BCUT2D eigenvalue weighted by Crippen LogP contribution is -2.14. The molecular weight excluding hydrogens is 222 g/mol. The summed E-state index contributed by atoms with van der Waals surface area (Å²) in [5, 5.41) is 4.64. The Bertz CT molecular complexity index is 520. The van der Waals surface area contributed by atoms with Crippen LogP contribution in [-0.4, -0.2) is 6.54 Å². The maximum Gasteiger partial charge on any atom is 0.134 e. The van der Waals surface area contributed by atoms with Gasteiger partial charge in [0, 0.05) is 5.39 Å². The average Bonchev–Trinajstić information content (AvgIpc) is 3.03. The number of fused-ring (bicyclic) bond motifs is 1. The fourth-order valence-electron chi connectivity index (χ4n) is 2.55. The number of hydrogen-bond donors (Lipinski definition) is 1. The van der Waals surface area contributed by atoms with E-state index in [1.165, 1.54) is 31.1 Å². The van der Waals surface area contributed by atoms with E-state index < -0.39 is 0 Å². The quantitative estimate of drug-likeness (QED) is 0.631. The number of allylic oxidation sites excluding steroid dienone is 1. The lowest BCUT2D eigenvalue weighted by molar-refractivity contribution is 0.514. The van der Waals surface area contributed by atoms with E-state index in [-0.39, 0.29) is 0 Å². The zero-order valence-corrected chi connectivity index (χ0v) is 10.6.